The van der Waals surface area contributed by atoms with Gasteiger partial charge in [-0.05, 0) is 44.7 Å². The summed E-state index contributed by atoms with van der Waals surface area (Å²) in [6.45, 7) is 9.85. The predicted octanol–water partition coefficient (Wildman–Crippen LogP) is 2.97. The van der Waals surface area contributed by atoms with Gasteiger partial charge in [-0.3, -0.25) is 0 Å². The third-order valence-corrected chi connectivity index (χ3v) is 4.56. The first kappa shape index (κ1) is 16.3. The highest BCUT2D eigenvalue weighted by Crippen LogP contribution is 2.31. The van der Waals surface area contributed by atoms with E-state index in [-0.39, 0.29) is 12.1 Å². The second-order valence-electron chi connectivity index (χ2n) is 6.98. The molecule has 1 aromatic rings. The Hall–Kier alpha value is -1.06. The SMILES string of the molecule is CC(C)NC(C)(CO)CCN1c2ccccc2CCC1C. The average Bonchev–Trinajstić information content (AvgIpc) is 2.45. The van der Waals surface area contributed by atoms with E-state index in [2.05, 4.69) is 62.2 Å². The van der Waals surface area contributed by atoms with Crippen LogP contribution >= 0.6 is 0 Å². The third-order valence-electron chi connectivity index (χ3n) is 4.56. The van der Waals surface area contributed by atoms with E-state index in [9.17, 15) is 5.11 Å². The number of nitrogens with zero attached hydrogens (tertiary/aromatic N) is 1. The Labute approximate surface area is 129 Å². The zero-order chi connectivity index (χ0) is 15.5. The smallest absolute Gasteiger partial charge is 0.0611 e. The number of rotatable bonds is 6. The van der Waals surface area contributed by atoms with Gasteiger partial charge in [0.15, 0.2) is 0 Å². The molecule has 118 valence electrons. The number of benzene rings is 1. The Kier molecular flexibility index (Phi) is 5.28. The van der Waals surface area contributed by atoms with Gasteiger partial charge in [0.2, 0.25) is 0 Å². The summed E-state index contributed by atoms with van der Waals surface area (Å²) in [5, 5.41) is 13.3. The molecule has 0 amide bonds. The highest BCUT2D eigenvalue weighted by atomic mass is 16.3. The number of anilines is 1. The number of hydrogen-bond acceptors (Lipinski definition) is 3. The fourth-order valence-electron chi connectivity index (χ4n) is 3.36. The highest BCUT2D eigenvalue weighted by Gasteiger charge is 2.28. The van der Waals surface area contributed by atoms with E-state index in [4.69, 9.17) is 0 Å². The zero-order valence-corrected chi connectivity index (χ0v) is 13.9. The highest BCUT2D eigenvalue weighted by molar-refractivity contribution is 5.56. The minimum absolute atomic E-state index is 0.176. The molecule has 1 aromatic carbocycles. The molecule has 3 nitrogen and oxygen atoms in total. The van der Waals surface area contributed by atoms with Crippen molar-refractivity contribution in [2.45, 2.75) is 64.6 Å². The monoisotopic (exact) mass is 290 g/mol. The van der Waals surface area contributed by atoms with Gasteiger partial charge in [0.05, 0.1) is 6.61 Å². The van der Waals surface area contributed by atoms with Gasteiger partial charge in [-0.1, -0.05) is 32.0 Å². The van der Waals surface area contributed by atoms with Gasteiger partial charge in [-0.25, -0.2) is 0 Å². The van der Waals surface area contributed by atoms with Gasteiger partial charge < -0.3 is 15.3 Å². The van der Waals surface area contributed by atoms with Crippen LogP contribution < -0.4 is 10.2 Å². The van der Waals surface area contributed by atoms with Crippen LogP contribution in [-0.4, -0.2) is 35.9 Å². The molecule has 0 fully saturated rings. The first-order valence-corrected chi connectivity index (χ1v) is 8.18. The minimum Gasteiger partial charge on any atom is -0.394 e. The summed E-state index contributed by atoms with van der Waals surface area (Å²) in [6.07, 6.45) is 3.33. The van der Waals surface area contributed by atoms with Crippen molar-refractivity contribution in [3.05, 3.63) is 29.8 Å². The number of aliphatic hydroxyl groups is 1. The normalized spacial score (nSPS) is 21.2. The van der Waals surface area contributed by atoms with Crippen LogP contribution in [0.3, 0.4) is 0 Å². The van der Waals surface area contributed by atoms with E-state index in [1.807, 2.05) is 0 Å². The van der Waals surface area contributed by atoms with Gasteiger partial charge in [-0.2, -0.15) is 0 Å². The zero-order valence-electron chi connectivity index (χ0n) is 13.9. The van der Waals surface area contributed by atoms with Gasteiger partial charge >= 0.3 is 0 Å². The molecule has 3 heteroatoms. The van der Waals surface area contributed by atoms with E-state index in [1.165, 1.54) is 24.1 Å². The summed E-state index contributed by atoms with van der Waals surface area (Å²) < 4.78 is 0. The standard InChI is InChI=1S/C18H30N2O/c1-14(2)19-18(4,13-21)11-12-20-15(3)9-10-16-7-5-6-8-17(16)20/h5-8,14-15,19,21H,9-13H2,1-4H3. The molecule has 1 heterocycles. The molecule has 2 rings (SSSR count). The quantitative estimate of drug-likeness (QED) is 0.845. The summed E-state index contributed by atoms with van der Waals surface area (Å²) in [6, 6.07) is 9.69. The van der Waals surface area contributed by atoms with Crippen LogP contribution in [0.5, 0.6) is 0 Å². The lowest BCUT2D eigenvalue weighted by Crippen LogP contribution is -2.52. The maximum atomic E-state index is 9.74. The van der Waals surface area contributed by atoms with Crippen LogP contribution in [0.25, 0.3) is 0 Å². The Balaban J connectivity index is 2.08. The second kappa shape index (κ2) is 6.80. The van der Waals surface area contributed by atoms with E-state index in [1.54, 1.807) is 0 Å². The maximum absolute atomic E-state index is 9.74. The molecule has 2 unspecified atom stereocenters. The van der Waals surface area contributed by atoms with E-state index in [0.717, 1.165) is 13.0 Å². The van der Waals surface area contributed by atoms with Crippen molar-refractivity contribution in [2.75, 3.05) is 18.1 Å². The minimum atomic E-state index is -0.208. The van der Waals surface area contributed by atoms with Gasteiger partial charge in [-0.15, -0.1) is 0 Å². The Morgan fingerprint density at radius 1 is 1.38 bits per heavy atom. The van der Waals surface area contributed by atoms with Gasteiger partial charge in [0, 0.05) is 29.9 Å². The Morgan fingerprint density at radius 2 is 2.10 bits per heavy atom. The summed E-state index contributed by atoms with van der Waals surface area (Å²) in [4.78, 5) is 2.51. The van der Waals surface area contributed by atoms with Crippen molar-refractivity contribution in [2.24, 2.45) is 0 Å². The molecule has 21 heavy (non-hydrogen) atoms. The van der Waals surface area contributed by atoms with Crippen molar-refractivity contribution in [3.8, 4) is 0 Å². The first-order chi connectivity index (χ1) is 9.95. The van der Waals surface area contributed by atoms with Crippen LogP contribution in [0.4, 0.5) is 5.69 Å². The molecule has 2 N–H and O–H groups in total. The number of fused-ring (bicyclic) bond motifs is 1. The molecule has 0 saturated heterocycles. The average molecular weight is 290 g/mol. The van der Waals surface area contributed by atoms with Crippen LogP contribution in [-0.2, 0) is 6.42 Å². The van der Waals surface area contributed by atoms with Crippen molar-refractivity contribution in [1.29, 1.82) is 0 Å². The number of nitrogens with one attached hydrogen (secondary N) is 1. The van der Waals surface area contributed by atoms with E-state index >= 15 is 0 Å². The number of hydrogen-bond donors (Lipinski definition) is 2. The van der Waals surface area contributed by atoms with Crippen molar-refractivity contribution < 1.29 is 5.11 Å². The van der Waals surface area contributed by atoms with E-state index in [0.29, 0.717) is 12.1 Å². The first-order valence-electron chi connectivity index (χ1n) is 8.18. The lowest BCUT2D eigenvalue weighted by molar-refractivity contribution is 0.157. The number of aryl methyl sites for hydroxylation is 1. The molecule has 2 atom stereocenters. The maximum Gasteiger partial charge on any atom is 0.0611 e. The molecule has 1 aliphatic heterocycles. The van der Waals surface area contributed by atoms with E-state index < -0.39 is 0 Å². The molecule has 0 aromatic heterocycles. The van der Waals surface area contributed by atoms with Crippen molar-refractivity contribution in [1.82, 2.24) is 5.32 Å². The molecule has 1 aliphatic rings. The van der Waals surface area contributed by atoms with Crippen molar-refractivity contribution >= 4 is 5.69 Å². The summed E-state index contributed by atoms with van der Waals surface area (Å²) in [5.74, 6) is 0. The van der Waals surface area contributed by atoms with Gasteiger partial charge in [0.25, 0.3) is 0 Å². The molecular formula is C18H30N2O. The number of para-hydroxylation sites is 1. The van der Waals surface area contributed by atoms with Crippen LogP contribution in [0.1, 0.15) is 46.1 Å². The van der Waals surface area contributed by atoms with Crippen LogP contribution in [0.15, 0.2) is 24.3 Å². The third kappa shape index (κ3) is 3.98. The summed E-state index contributed by atoms with van der Waals surface area (Å²) in [7, 11) is 0. The number of aliphatic hydroxyl groups excluding tert-OH is 1. The fraction of sp³-hybridized carbons (Fsp3) is 0.667. The lowest BCUT2D eigenvalue weighted by atomic mass is 9.93. The molecular weight excluding hydrogens is 260 g/mol. The molecule has 0 radical (unpaired) electrons. The molecule has 0 spiro atoms. The Morgan fingerprint density at radius 3 is 2.76 bits per heavy atom. The van der Waals surface area contributed by atoms with Gasteiger partial charge in [0.1, 0.15) is 0 Å². The van der Waals surface area contributed by atoms with Crippen molar-refractivity contribution in [3.63, 3.8) is 0 Å². The lowest BCUT2D eigenvalue weighted by Gasteiger charge is -2.40. The second-order valence-corrected chi connectivity index (χ2v) is 6.98. The molecule has 0 aliphatic carbocycles. The van der Waals surface area contributed by atoms with Crippen LogP contribution in [0, 0.1) is 0 Å². The molecule has 0 saturated carbocycles. The summed E-state index contributed by atoms with van der Waals surface area (Å²) in [5.41, 5.74) is 2.62. The van der Waals surface area contributed by atoms with Crippen LogP contribution in [0.2, 0.25) is 0 Å². The molecule has 0 bridgehead atoms. The topological polar surface area (TPSA) is 35.5 Å². The fourth-order valence-corrected chi connectivity index (χ4v) is 3.36. The summed E-state index contributed by atoms with van der Waals surface area (Å²) >= 11 is 0. The predicted molar refractivity (Wildman–Crippen MR) is 90.0 cm³/mol. The Bertz CT molecular complexity index is 460. The largest absolute Gasteiger partial charge is 0.394 e.